The van der Waals surface area contributed by atoms with Crippen LogP contribution in [0.4, 0.5) is 0 Å². The molecule has 0 saturated heterocycles. The minimum Gasteiger partial charge on any atom is -0.496 e. The summed E-state index contributed by atoms with van der Waals surface area (Å²) in [5.74, 6) is -0.390. The first-order valence-corrected chi connectivity index (χ1v) is 5.29. The Hall–Kier alpha value is -1.62. The molecule has 0 fully saturated rings. The predicted molar refractivity (Wildman–Crippen MR) is 63.0 cm³/mol. The quantitative estimate of drug-likeness (QED) is 0.860. The topological polar surface area (TPSA) is 59.4 Å². The normalized spacial score (nSPS) is 10.4. The fourth-order valence-corrected chi connectivity index (χ4v) is 2.13. The molecule has 0 spiro atoms. The number of methoxy groups -OCH3 is 1. The number of aromatic nitrogens is 1. The maximum atomic E-state index is 10.8. The zero-order chi connectivity index (χ0) is 11.7. The first-order chi connectivity index (χ1) is 7.63. The number of fused-ring (bicyclic) bond motifs is 1. The second-order valence-corrected chi connectivity index (χ2v) is 3.91. The Balaban J connectivity index is 2.80. The number of carboxylic acid groups (broad SMARTS) is 1. The third-order valence-electron chi connectivity index (χ3n) is 2.21. The monoisotopic (exact) mass is 281 g/mol. The van der Waals surface area contributed by atoms with Gasteiger partial charge in [0.2, 0.25) is 0 Å². The second-order valence-electron chi connectivity index (χ2n) is 3.16. The van der Waals surface area contributed by atoms with E-state index in [2.05, 4.69) is 20.9 Å². The fourth-order valence-electron chi connectivity index (χ4n) is 1.51. The van der Waals surface area contributed by atoms with Crippen molar-refractivity contribution in [3.8, 4) is 5.75 Å². The van der Waals surface area contributed by atoms with Gasteiger partial charge in [0, 0.05) is 0 Å². The van der Waals surface area contributed by atoms with Crippen LogP contribution in [0, 0.1) is 0 Å². The van der Waals surface area contributed by atoms with Crippen LogP contribution in [-0.4, -0.2) is 23.2 Å². The number of pyridine rings is 1. The van der Waals surface area contributed by atoms with Gasteiger partial charge in [0.1, 0.15) is 16.0 Å². The van der Waals surface area contributed by atoms with Gasteiger partial charge in [-0.2, -0.15) is 0 Å². The molecule has 2 rings (SSSR count). The summed E-state index contributed by atoms with van der Waals surface area (Å²) in [5, 5.41) is 10.4. The number of aromatic carboxylic acids is 1. The highest BCUT2D eigenvalue weighted by atomic mass is 79.9. The summed E-state index contributed by atoms with van der Waals surface area (Å²) in [4.78, 5) is 14.8. The smallest absolute Gasteiger partial charge is 0.354 e. The van der Waals surface area contributed by atoms with Gasteiger partial charge in [-0.1, -0.05) is 12.1 Å². The molecule has 1 aromatic heterocycles. The van der Waals surface area contributed by atoms with E-state index in [-0.39, 0.29) is 5.69 Å². The molecule has 0 unspecified atom stereocenters. The lowest BCUT2D eigenvalue weighted by atomic mass is 10.1. The Morgan fingerprint density at radius 3 is 2.88 bits per heavy atom. The summed E-state index contributed by atoms with van der Waals surface area (Å²) in [6.07, 6.45) is 0. The van der Waals surface area contributed by atoms with Crippen molar-refractivity contribution in [2.75, 3.05) is 7.11 Å². The molecule has 0 aliphatic carbocycles. The summed E-state index contributed by atoms with van der Waals surface area (Å²) < 4.78 is 5.66. The van der Waals surface area contributed by atoms with E-state index in [0.717, 1.165) is 10.8 Å². The molecule has 1 N–H and O–H groups in total. The van der Waals surface area contributed by atoms with Crippen molar-refractivity contribution in [1.82, 2.24) is 4.98 Å². The standard InChI is InChI=1S/C11H8BrNO3/c1-16-8-4-2-3-6-5-7(11(14)15)13-10(12)9(6)8/h2-5H,1H3,(H,14,15). The Bertz CT molecular complexity index is 568. The highest BCUT2D eigenvalue weighted by molar-refractivity contribution is 9.10. The maximum Gasteiger partial charge on any atom is 0.354 e. The molecule has 5 heteroatoms. The highest BCUT2D eigenvalue weighted by Gasteiger charge is 2.12. The number of carbonyl (C=O) groups is 1. The number of hydrogen-bond acceptors (Lipinski definition) is 3. The average molecular weight is 282 g/mol. The summed E-state index contributed by atoms with van der Waals surface area (Å²) in [5.41, 5.74) is 0.00706. The van der Waals surface area contributed by atoms with Crippen LogP contribution in [0.3, 0.4) is 0 Å². The molecular formula is C11H8BrNO3. The van der Waals surface area contributed by atoms with E-state index in [4.69, 9.17) is 9.84 Å². The van der Waals surface area contributed by atoms with Gasteiger partial charge in [0.15, 0.2) is 0 Å². The number of carboxylic acids is 1. The van der Waals surface area contributed by atoms with Crippen LogP contribution in [0.15, 0.2) is 28.9 Å². The molecule has 0 atom stereocenters. The van der Waals surface area contributed by atoms with Gasteiger partial charge in [-0.05, 0) is 33.4 Å². The lowest BCUT2D eigenvalue weighted by molar-refractivity contribution is 0.0690. The number of hydrogen-bond donors (Lipinski definition) is 1. The molecule has 2 aromatic rings. The first kappa shape index (κ1) is 10.9. The van der Waals surface area contributed by atoms with Gasteiger partial charge in [-0.15, -0.1) is 0 Å². The third kappa shape index (κ3) is 1.74. The van der Waals surface area contributed by atoms with Crippen molar-refractivity contribution in [3.05, 3.63) is 34.6 Å². The number of nitrogens with zero attached hydrogens (tertiary/aromatic N) is 1. The van der Waals surface area contributed by atoms with Crippen LogP contribution in [0.2, 0.25) is 0 Å². The van der Waals surface area contributed by atoms with Gasteiger partial charge in [-0.25, -0.2) is 9.78 Å². The van der Waals surface area contributed by atoms with Crippen molar-refractivity contribution in [1.29, 1.82) is 0 Å². The first-order valence-electron chi connectivity index (χ1n) is 4.50. The molecule has 0 aliphatic rings. The molecule has 0 aliphatic heterocycles. The lowest BCUT2D eigenvalue weighted by Gasteiger charge is -2.07. The van der Waals surface area contributed by atoms with Crippen LogP contribution in [0.25, 0.3) is 10.8 Å². The zero-order valence-electron chi connectivity index (χ0n) is 8.40. The molecule has 1 heterocycles. The number of halogens is 1. The van der Waals surface area contributed by atoms with Gasteiger partial charge in [0.25, 0.3) is 0 Å². The zero-order valence-corrected chi connectivity index (χ0v) is 9.98. The molecule has 16 heavy (non-hydrogen) atoms. The molecular weight excluding hydrogens is 274 g/mol. The van der Waals surface area contributed by atoms with Crippen LogP contribution >= 0.6 is 15.9 Å². The van der Waals surface area contributed by atoms with E-state index in [1.807, 2.05) is 6.07 Å². The maximum absolute atomic E-state index is 10.8. The minimum absolute atomic E-state index is 0.00706. The van der Waals surface area contributed by atoms with Crippen LogP contribution < -0.4 is 4.74 Å². The van der Waals surface area contributed by atoms with Crippen LogP contribution in [-0.2, 0) is 0 Å². The second kappa shape index (κ2) is 4.09. The Morgan fingerprint density at radius 2 is 2.25 bits per heavy atom. The summed E-state index contributed by atoms with van der Waals surface area (Å²) in [7, 11) is 1.56. The highest BCUT2D eigenvalue weighted by Crippen LogP contribution is 2.31. The van der Waals surface area contributed by atoms with E-state index in [1.165, 1.54) is 6.07 Å². The van der Waals surface area contributed by atoms with Crippen molar-refractivity contribution in [3.63, 3.8) is 0 Å². The van der Waals surface area contributed by atoms with E-state index in [0.29, 0.717) is 10.4 Å². The Morgan fingerprint density at radius 1 is 1.50 bits per heavy atom. The minimum atomic E-state index is -1.05. The van der Waals surface area contributed by atoms with Crippen molar-refractivity contribution >= 4 is 32.7 Å². The van der Waals surface area contributed by atoms with Crippen molar-refractivity contribution < 1.29 is 14.6 Å². The van der Waals surface area contributed by atoms with Gasteiger partial charge >= 0.3 is 5.97 Å². The lowest BCUT2D eigenvalue weighted by Crippen LogP contribution is -2.01. The summed E-state index contributed by atoms with van der Waals surface area (Å²) >= 11 is 3.25. The number of benzene rings is 1. The van der Waals surface area contributed by atoms with E-state index >= 15 is 0 Å². The molecule has 82 valence electrons. The molecule has 4 nitrogen and oxygen atoms in total. The van der Waals surface area contributed by atoms with E-state index in [9.17, 15) is 4.79 Å². The van der Waals surface area contributed by atoms with Crippen molar-refractivity contribution in [2.45, 2.75) is 0 Å². The van der Waals surface area contributed by atoms with Crippen LogP contribution in [0.5, 0.6) is 5.75 Å². The molecule has 0 amide bonds. The number of ether oxygens (including phenoxy) is 1. The SMILES string of the molecule is COc1cccc2cc(C(=O)O)nc(Br)c12. The largest absolute Gasteiger partial charge is 0.496 e. The van der Waals surface area contributed by atoms with E-state index in [1.54, 1.807) is 19.2 Å². The van der Waals surface area contributed by atoms with Gasteiger partial charge in [0.05, 0.1) is 12.5 Å². The molecule has 1 aromatic carbocycles. The molecule has 0 bridgehead atoms. The average Bonchev–Trinajstić information content (AvgIpc) is 2.27. The van der Waals surface area contributed by atoms with Gasteiger partial charge in [-0.3, -0.25) is 0 Å². The Labute approximate surface area is 100.0 Å². The third-order valence-corrected chi connectivity index (χ3v) is 2.79. The summed E-state index contributed by atoms with van der Waals surface area (Å²) in [6.45, 7) is 0. The van der Waals surface area contributed by atoms with Crippen LogP contribution in [0.1, 0.15) is 10.5 Å². The number of rotatable bonds is 2. The predicted octanol–water partition coefficient (Wildman–Crippen LogP) is 2.70. The fraction of sp³-hybridized carbons (Fsp3) is 0.0909. The Kier molecular flexibility index (Phi) is 2.78. The van der Waals surface area contributed by atoms with Crippen molar-refractivity contribution in [2.24, 2.45) is 0 Å². The van der Waals surface area contributed by atoms with Gasteiger partial charge < -0.3 is 9.84 Å². The van der Waals surface area contributed by atoms with E-state index < -0.39 is 5.97 Å². The molecule has 0 saturated carbocycles. The molecule has 0 radical (unpaired) electrons. The summed E-state index contributed by atoms with van der Waals surface area (Å²) in [6, 6.07) is 6.94.